The van der Waals surface area contributed by atoms with Gasteiger partial charge >= 0.3 is 6.18 Å². The Morgan fingerprint density at radius 1 is 1.00 bits per heavy atom. The summed E-state index contributed by atoms with van der Waals surface area (Å²) in [5, 5.41) is 8.87. The Kier molecular flexibility index (Phi) is 7.33. The van der Waals surface area contributed by atoms with Crippen molar-refractivity contribution in [2.24, 2.45) is 0 Å². The molecule has 8 heteroatoms. The number of aliphatic hydroxyl groups excluding tert-OH is 1. The Morgan fingerprint density at radius 3 is 2.57 bits per heavy atom. The molecule has 2 aromatic rings. The van der Waals surface area contributed by atoms with E-state index in [0.29, 0.717) is 31.9 Å². The first-order chi connectivity index (χ1) is 14.4. The van der Waals surface area contributed by atoms with Gasteiger partial charge in [-0.15, -0.1) is 0 Å². The maximum atomic E-state index is 13.3. The fourth-order valence-electron chi connectivity index (χ4n) is 3.53. The standard InChI is InChI=1S/C22H25F3N2O3/c23-22(24,25)20-7-2-1-5-18(20)16-27-11-10-26(9-8-21(27)29)15-17-4-3-6-19(14-17)30-13-12-28/h1-7,14,28H,8-13,15-16H2. The van der Waals surface area contributed by atoms with Crippen molar-refractivity contribution in [1.82, 2.24) is 9.80 Å². The van der Waals surface area contributed by atoms with Crippen LogP contribution in [0.1, 0.15) is 23.1 Å². The van der Waals surface area contributed by atoms with Crippen molar-refractivity contribution in [3.05, 3.63) is 65.2 Å². The highest BCUT2D eigenvalue weighted by Gasteiger charge is 2.34. The molecule has 0 radical (unpaired) electrons. The molecule has 1 heterocycles. The normalized spacial score (nSPS) is 15.9. The summed E-state index contributed by atoms with van der Waals surface area (Å²) in [5.74, 6) is 0.521. The zero-order chi connectivity index (χ0) is 21.6. The van der Waals surface area contributed by atoms with Crippen molar-refractivity contribution in [2.45, 2.75) is 25.7 Å². The lowest BCUT2D eigenvalue weighted by molar-refractivity contribution is -0.139. The molecule has 0 aliphatic carbocycles. The maximum absolute atomic E-state index is 13.3. The van der Waals surface area contributed by atoms with Crippen LogP contribution in [0, 0.1) is 0 Å². The van der Waals surface area contributed by atoms with Crippen LogP contribution in [0.2, 0.25) is 0 Å². The number of nitrogens with zero attached hydrogens (tertiary/aromatic N) is 2. The number of amides is 1. The van der Waals surface area contributed by atoms with Crippen molar-refractivity contribution in [3.8, 4) is 5.75 Å². The topological polar surface area (TPSA) is 53.0 Å². The summed E-state index contributed by atoms with van der Waals surface area (Å²) in [6.45, 7) is 2.19. The van der Waals surface area contributed by atoms with E-state index in [1.807, 2.05) is 24.3 Å². The van der Waals surface area contributed by atoms with Crippen LogP contribution >= 0.6 is 0 Å². The molecule has 162 valence electrons. The third kappa shape index (κ3) is 5.96. The molecule has 0 saturated carbocycles. The molecule has 1 aliphatic heterocycles. The second-order valence-corrected chi connectivity index (χ2v) is 7.22. The first kappa shape index (κ1) is 22.1. The van der Waals surface area contributed by atoms with Gasteiger partial charge in [0.05, 0.1) is 12.2 Å². The molecule has 1 amide bonds. The van der Waals surface area contributed by atoms with E-state index in [-0.39, 0.29) is 37.6 Å². The van der Waals surface area contributed by atoms with Crippen LogP contribution in [0.3, 0.4) is 0 Å². The predicted molar refractivity (Wildman–Crippen MR) is 106 cm³/mol. The van der Waals surface area contributed by atoms with E-state index < -0.39 is 11.7 Å². The molecular formula is C22H25F3N2O3. The first-order valence-corrected chi connectivity index (χ1v) is 9.84. The summed E-state index contributed by atoms with van der Waals surface area (Å²) in [7, 11) is 0. The summed E-state index contributed by atoms with van der Waals surface area (Å²) in [6, 6.07) is 12.9. The highest BCUT2D eigenvalue weighted by molar-refractivity contribution is 5.76. The number of hydrogen-bond acceptors (Lipinski definition) is 4. The fraction of sp³-hybridized carbons (Fsp3) is 0.409. The minimum absolute atomic E-state index is 0.0488. The van der Waals surface area contributed by atoms with Crippen molar-refractivity contribution < 1.29 is 27.8 Å². The van der Waals surface area contributed by atoms with Gasteiger partial charge in [-0.05, 0) is 29.3 Å². The van der Waals surface area contributed by atoms with Crippen LogP contribution in [0.5, 0.6) is 5.75 Å². The van der Waals surface area contributed by atoms with Crippen molar-refractivity contribution >= 4 is 5.91 Å². The number of carbonyl (C=O) groups is 1. The number of rotatable bonds is 7. The predicted octanol–water partition coefficient (Wildman–Crippen LogP) is 3.31. The van der Waals surface area contributed by atoms with Crippen molar-refractivity contribution in [1.29, 1.82) is 0 Å². The quantitative estimate of drug-likeness (QED) is 0.744. The molecule has 2 aromatic carbocycles. The molecular weight excluding hydrogens is 397 g/mol. The summed E-state index contributed by atoms with van der Waals surface area (Å²) in [4.78, 5) is 16.1. The Labute approximate surface area is 173 Å². The Hall–Kier alpha value is -2.58. The van der Waals surface area contributed by atoms with Gasteiger partial charge in [-0.2, -0.15) is 13.2 Å². The number of aliphatic hydroxyl groups is 1. The zero-order valence-electron chi connectivity index (χ0n) is 16.6. The molecule has 0 unspecified atom stereocenters. The molecule has 0 bridgehead atoms. The molecule has 5 nitrogen and oxygen atoms in total. The Bertz CT molecular complexity index is 858. The summed E-state index contributed by atoms with van der Waals surface area (Å²) in [5.41, 5.74) is 0.424. The number of benzene rings is 2. The molecule has 1 fully saturated rings. The van der Waals surface area contributed by atoms with E-state index in [1.54, 1.807) is 6.07 Å². The molecule has 1 saturated heterocycles. The maximum Gasteiger partial charge on any atom is 0.416 e. The molecule has 1 N–H and O–H groups in total. The summed E-state index contributed by atoms with van der Waals surface area (Å²) >= 11 is 0. The Morgan fingerprint density at radius 2 is 1.80 bits per heavy atom. The van der Waals surface area contributed by atoms with Gasteiger partial charge in [0, 0.05) is 39.1 Å². The van der Waals surface area contributed by atoms with Gasteiger partial charge < -0.3 is 14.7 Å². The monoisotopic (exact) mass is 422 g/mol. The molecule has 0 aromatic heterocycles. The van der Waals surface area contributed by atoms with E-state index in [0.717, 1.165) is 11.6 Å². The lowest BCUT2D eigenvalue weighted by atomic mass is 10.1. The molecule has 0 atom stereocenters. The lowest BCUT2D eigenvalue weighted by Gasteiger charge is -2.24. The minimum atomic E-state index is -4.44. The highest BCUT2D eigenvalue weighted by atomic mass is 19.4. The number of carbonyl (C=O) groups excluding carboxylic acids is 1. The molecule has 30 heavy (non-hydrogen) atoms. The van der Waals surface area contributed by atoms with Gasteiger partial charge in [0.1, 0.15) is 12.4 Å². The van der Waals surface area contributed by atoms with Gasteiger partial charge in [-0.3, -0.25) is 9.69 Å². The highest BCUT2D eigenvalue weighted by Crippen LogP contribution is 2.32. The van der Waals surface area contributed by atoms with E-state index in [1.165, 1.54) is 17.0 Å². The van der Waals surface area contributed by atoms with Gasteiger partial charge in [-0.1, -0.05) is 30.3 Å². The smallest absolute Gasteiger partial charge is 0.416 e. The minimum Gasteiger partial charge on any atom is -0.491 e. The van der Waals surface area contributed by atoms with Gasteiger partial charge in [-0.25, -0.2) is 0 Å². The molecule has 0 spiro atoms. The van der Waals surface area contributed by atoms with Crippen LogP contribution in [-0.2, 0) is 24.1 Å². The SMILES string of the molecule is O=C1CCN(Cc2cccc(OCCO)c2)CCN1Cc1ccccc1C(F)(F)F. The second kappa shape index (κ2) is 9.95. The van der Waals surface area contributed by atoms with Crippen LogP contribution in [0.4, 0.5) is 13.2 Å². The zero-order valence-corrected chi connectivity index (χ0v) is 16.6. The van der Waals surface area contributed by atoms with Crippen molar-refractivity contribution in [3.63, 3.8) is 0 Å². The third-order valence-corrected chi connectivity index (χ3v) is 5.03. The fourth-order valence-corrected chi connectivity index (χ4v) is 3.53. The largest absolute Gasteiger partial charge is 0.491 e. The van der Waals surface area contributed by atoms with Crippen LogP contribution in [0.15, 0.2) is 48.5 Å². The Balaban J connectivity index is 1.64. The van der Waals surface area contributed by atoms with E-state index in [2.05, 4.69) is 4.90 Å². The van der Waals surface area contributed by atoms with Gasteiger partial charge in [0.25, 0.3) is 0 Å². The van der Waals surface area contributed by atoms with Gasteiger partial charge in [0.15, 0.2) is 0 Å². The molecule has 3 rings (SSSR count). The summed E-state index contributed by atoms with van der Waals surface area (Å²) < 4.78 is 45.2. The second-order valence-electron chi connectivity index (χ2n) is 7.22. The van der Waals surface area contributed by atoms with Gasteiger partial charge in [0.2, 0.25) is 5.91 Å². The number of alkyl halides is 3. The van der Waals surface area contributed by atoms with Crippen LogP contribution < -0.4 is 4.74 Å². The van der Waals surface area contributed by atoms with Crippen LogP contribution in [0.25, 0.3) is 0 Å². The van der Waals surface area contributed by atoms with E-state index >= 15 is 0 Å². The third-order valence-electron chi connectivity index (χ3n) is 5.03. The first-order valence-electron chi connectivity index (χ1n) is 9.84. The van der Waals surface area contributed by atoms with Crippen LogP contribution in [-0.4, -0.2) is 53.7 Å². The summed E-state index contributed by atoms with van der Waals surface area (Å²) in [6.07, 6.45) is -4.18. The lowest BCUT2D eigenvalue weighted by Crippen LogP contribution is -2.33. The van der Waals surface area contributed by atoms with Crippen molar-refractivity contribution in [2.75, 3.05) is 32.8 Å². The molecule has 1 aliphatic rings. The number of hydrogen-bond donors (Lipinski definition) is 1. The number of halogens is 3. The average Bonchev–Trinajstić information content (AvgIpc) is 2.88. The van der Waals surface area contributed by atoms with E-state index in [4.69, 9.17) is 9.84 Å². The van der Waals surface area contributed by atoms with E-state index in [9.17, 15) is 18.0 Å². The number of ether oxygens (including phenoxy) is 1. The average molecular weight is 422 g/mol.